The van der Waals surface area contributed by atoms with Crippen LogP contribution >= 0.6 is 11.6 Å². The quantitative estimate of drug-likeness (QED) is 0.769. The van der Waals surface area contributed by atoms with E-state index in [1.54, 1.807) is 6.20 Å². The summed E-state index contributed by atoms with van der Waals surface area (Å²) in [6.07, 6.45) is 2.64. The lowest BCUT2D eigenvalue weighted by molar-refractivity contribution is -0.0385. The fourth-order valence-electron chi connectivity index (χ4n) is 1.35. The van der Waals surface area contributed by atoms with Gasteiger partial charge in [0, 0.05) is 18.5 Å². The summed E-state index contributed by atoms with van der Waals surface area (Å²) in [5.74, 6) is 1.32. The van der Waals surface area contributed by atoms with Gasteiger partial charge >= 0.3 is 0 Å². The highest BCUT2D eigenvalue weighted by Gasteiger charge is 2.27. The van der Waals surface area contributed by atoms with E-state index in [9.17, 15) is 0 Å². The minimum absolute atomic E-state index is 0.320. The highest BCUT2D eigenvalue weighted by atomic mass is 35.5. The summed E-state index contributed by atoms with van der Waals surface area (Å²) in [6, 6.07) is 0. The largest absolute Gasteiger partial charge is 0.368 e. The Balaban J connectivity index is 2.87. The average molecular weight is 217 g/mol. The predicted octanol–water partition coefficient (Wildman–Crippen LogP) is 2.81. The SMILES string of the molecule is CCOC(C)(CC)c1ncc(CCl)[nH]1. The van der Waals surface area contributed by atoms with Crippen LogP contribution in [0, 0.1) is 0 Å². The summed E-state index contributed by atoms with van der Waals surface area (Å²) in [7, 11) is 0. The third-order valence-corrected chi connectivity index (χ3v) is 2.70. The zero-order valence-electron chi connectivity index (χ0n) is 8.93. The number of rotatable bonds is 5. The zero-order valence-corrected chi connectivity index (χ0v) is 9.69. The van der Waals surface area contributed by atoms with E-state index >= 15 is 0 Å². The van der Waals surface area contributed by atoms with Crippen LogP contribution in [0.5, 0.6) is 0 Å². The standard InChI is InChI=1S/C10H17ClN2O/c1-4-10(3,14-5-2)9-12-7-8(6-11)13-9/h7H,4-6H2,1-3H3,(H,12,13). The molecule has 0 fully saturated rings. The van der Waals surface area contributed by atoms with Gasteiger partial charge in [-0.15, -0.1) is 11.6 Å². The highest BCUT2D eigenvalue weighted by molar-refractivity contribution is 6.16. The lowest BCUT2D eigenvalue weighted by atomic mass is 10.0. The molecule has 0 saturated heterocycles. The van der Waals surface area contributed by atoms with Crippen LogP contribution in [0.4, 0.5) is 0 Å². The number of H-pyrrole nitrogens is 1. The van der Waals surface area contributed by atoms with Gasteiger partial charge < -0.3 is 9.72 Å². The third kappa shape index (κ3) is 2.28. The van der Waals surface area contributed by atoms with E-state index in [-0.39, 0.29) is 5.60 Å². The average Bonchev–Trinajstić information content (AvgIpc) is 2.66. The zero-order chi connectivity index (χ0) is 10.6. The molecule has 1 aromatic rings. The summed E-state index contributed by atoms with van der Waals surface area (Å²) in [6.45, 7) is 6.78. The number of alkyl halides is 1. The second-order valence-electron chi connectivity index (χ2n) is 3.41. The number of halogens is 1. The number of nitrogens with one attached hydrogen (secondary N) is 1. The van der Waals surface area contributed by atoms with Gasteiger partial charge in [0.2, 0.25) is 0 Å². The van der Waals surface area contributed by atoms with Crippen LogP contribution in [0.3, 0.4) is 0 Å². The number of imidazole rings is 1. The normalized spacial score (nSPS) is 15.4. The Morgan fingerprint density at radius 2 is 2.29 bits per heavy atom. The number of aromatic amines is 1. The highest BCUT2D eigenvalue weighted by Crippen LogP contribution is 2.26. The van der Waals surface area contributed by atoms with E-state index in [1.165, 1.54) is 0 Å². The van der Waals surface area contributed by atoms with Gasteiger partial charge in [-0.05, 0) is 20.3 Å². The van der Waals surface area contributed by atoms with E-state index in [1.807, 2.05) is 13.8 Å². The lowest BCUT2D eigenvalue weighted by Gasteiger charge is -2.25. The van der Waals surface area contributed by atoms with Crippen molar-refractivity contribution >= 4 is 11.6 Å². The molecule has 1 aromatic heterocycles. The first-order chi connectivity index (χ1) is 6.66. The first-order valence-electron chi connectivity index (χ1n) is 4.90. The predicted molar refractivity (Wildman–Crippen MR) is 57.4 cm³/mol. The molecular weight excluding hydrogens is 200 g/mol. The van der Waals surface area contributed by atoms with Crippen molar-refractivity contribution in [3.63, 3.8) is 0 Å². The second-order valence-corrected chi connectivity index (χ2v) is 3.68. The molecule has 0 amide bonds. The maximum atomic E-state index is 5.70. The van der Waals surface area contributed by atoms with Gasteiger partial charge in [-0.3, -0.25) is 0 Å². The van der Waals surface area contributed by atoms with Gasteiger partial charge in [-0.25, -0.2) is 4.98 Å². The van der Waals surface area contributed by atoms with Crippen molar-refractivity contribution in [3.8, 4) is 0 Å². The molecule has 0 aliphatic carbocycles. The van der Waals surface area contributed by atoms with Gasteiger partial charge in [0.25, 0.3) is 0 Å². The second kappa shape index (κ2) is 4.80. The van der Waals surface area contributed by atoms with E-state index in [2.05, 4.69) is 16.9 Å². The summed E-state index contributed by atoms with van der Waals surface area (Å²) in [4.78, 5) is 7.45. The van der Waals surface area contributed by atoms with Crippen molar-refractivity contribution in [3.05, 3.63) is 17.7 Å². The van der Waals surface area contributed by atoms with Crippen LogP contribution in [0.2, 0.25) is 0 Å². The van der Waals surface area contributed by atoms with E-state index < -0.39 is 0 Å². The van der Waals surface area contributed by atoms with Crippen LogP contribution in [0.25, 0.3) is 0 Å². The van der Waals surface area contributed by atoms with Crippen LogP contribution < -0.4 is 0 Å². The van der Waals surface area contributed by atoms with Crippen molar-refractivity contribution in [2.45, 2.75) is 38.7 Å². The smallest absolute Gasteiger partial charge is 0.138 e. The fraction of sp³-hybridized carbons (Fsp3) is 0.700. The summed E-state index contributed by atoms with van der Waals surface area (Å²) in [5.41, 5.74) is 0.611. The number of aromatic nitrogens is 2. The minimum Gasteiger partial charge on any atom is -0.368 e. The Morgan fingerprint density at radius 1 is 1.57 bits per heavy atom. The Labute approximate surface area is 89.8 Å². The molecule has 0 aliphatic rings. The molecule has 80 valence electrons. The maximum absolute atomic E-state index is 5.70. The van der Waals surface area contributed by atoms with Crippen LogP contribution in [0.15, 0.2) is 6.20 Å². The molecule has 14 heavy (non-hydrogen) atoms. The summed E-state index contributed by atoms with van der Waals surface area (Å²) < 4.78 is 5.69. The number of nitrogens with zero attached hydrogens (tertiary/aromatic N) is 1. The fourth-order valence-corrected chi connectivity index (χ4v) is 1.49. The Bertz CT molecular complexity index is 287. The molecule has 1 unspecified atom stereocenters. The number of hydrogen-bond acceptors (Lipinski definition) is 2. The summed E-state index contributed by atoms with van der Waals surface area (Å²) >= 11 is 5.70. The van der Waals surface area contributed by atoms with Gasteiger partial charge in [-0.1, -0.05) is 6.92 Å². The molecule has 1 heterocycles. The molecule has 0 radical (unpaired) electrons. The van der Waals surface area contributed by atoms with Crippen LogP contribution in [-0.4, -0.2) is 16.6 Å². The van der Waals surface area contributed by atoms with E-state index in [0.29, 0.717) is 12.5 Å². The first-order valence-corrected chi connectivity index (χ1v) is 5.44. The molecule has 1 rings (SSSR count). The molecule has 1 N–H and O–H groups in total. The van der Waals surface area contributed by atoms with Gasteiger partial charge in [0.15, 0.2) is 0 Å². The van der Waals surface area contributed by atoms with Crippen molar-refractivity contribution in [1.29, 1.82) is 0 Å². The monoisotopic (exact) mass is 216 g/mol. The van der Waals surface area contributed by atoms with Crippen molar-refractivity contribution in [2.75, 3.05) is 6.61 Å². The van der Waals surface area contributed by atoms with Crippen molar-refractivity contribution < 1.29 is 4.74 Å². The minimum atomic E-state index is -0.320. The van der Waals surface area contributed by atoms with Crippen LogP contribution in [-0.2, 0) is 16.2 Å². The molecule has 0 aliphatic heterocycles. The van der Waals surface area contributed by atoms with E-state index in [4.69, 9.17) is 16.3 Å². The molecule has 3 nitrogen and oxygen atoms in total. The van der Waals surface area contributed by atoms with Crippen molar-refractivity contribution in [2.24, 2.45) is 0 Å². The molecular formula is C10H17ClN2O. The Kier molecular flexibility index (Phi) is 3.96. The van der Waals surface area contributed by atoms with Gasteiger partial charge in [0.05, 0.1) is 5.88 Å². The molecule has 1 atom stereocenters. The third-order valence-electron chi connectivity index (χ3n) is 2.41. The van der Waals surface area contributed by atoms with Gasteiger partial charge in [0.1, 0.15) is 11.4 Å². The Hall–Kier alpha value is -0.540. The first kappa shape index (κ1) is 11.5. The molecule has 0 bridgehead atoms. The van der Waals surface area contributed by atoms with Crippen molar-refractivity contribution in [1.82, 2.24) is 9.97 Å². The topological polar surface area (TPSA) is 37.9 Å². The van der Waals surface area contributed by atoms with Gasteiger partial charge in [-0.2, -0.15) is 0 Å². The molecule has 4 heteroatoms. The summed E-state index contributed by atoms with van der Waals surface area (Å²) in [5, 5.41) is 0. The van der Waals surface area contributed by atoms with E-state index in [0.717, 1.165) is 17.9 Å². The van der Waals surface area contributed by atoms with Crippen LogP contribution in [0.1, 0.15) is 38.7 Å². The molecule has 0 spiro atoms. The number of hydrogen-bond donors (Lipinski definition) is 1. The Morgan fingerprint density at radius 3 is 2.71 bits per heavy atom. The molecule has 0 aromatic carbocycles. The number of ether oxygens (including phenoxy) is 1. The maximum Gasteiger partial charge on any atom is 0.138 e. The lowest BCUT2D eigenvalue weighted by Crippen LogP contribution is -2.26. The molecule has 0 saturated carbocycles.